The molecule has 9 heteroatoms. The van der Waals surface area contributed by atoms with Crippen molar-refractivity contribution in [3.63, 3.8) is 0 Å². The second kappa shape index (κ2) is 9.15. The molecule has 170 valence electrons. The molecule has 0 spiro atoms. The molecule has 3 N–H and O–H groups in total. The Morgan fingerprint density at radius 3 is 2.27 bits per heavy atom. The van der Waals surface area contributed by atoms with Gasteiger partial charge in [0.2, 0.25) is 5.91 Å². The number of hydrogen-bond donors (Lipinski definition) is 3. The number of carbonyl (C=O) groups excluding carboxylic acids is 2. The first-order valence-corrected chi connectivity index (χ1v) is 10.6. The summed E-state index contributed by atoms with van der Waals surface area (Å²) in [6.07, 6.45) is 0.823. The number of amides is 2. The molecule has 0 saturated heterocycles. The summed E-state index contributed by atoms with van der Waals surface area (Å²) in [5.74, 6) is -1.87. The number of carbonyl (C=O) groups is 3. The monoisotopic (exact) mass is 448 g/mol. The largest absolute Gasteiger partial charge is 0.476 e. The second-order valence-corrected chi connectivity index (χ2v) is 7.76. The van der Waals surface area contributed by atoms with Gasteiger partial charge in [0.25, 0.3) is 0 Å². The van der Waals surface area contributed by atoms with Crippen LogP contribution < -0.4 is 10.6 Å². The summed E-state index contributed by atoms with van der Waals surface area (Å²) in [6, 6.07) is 15.1. The van der Waals surface area contributed by atoms with Gasteiger partial charge in [-0.3, -0.25) is 9.48 Å². The third-order valence-electron chi connectivity index (χ3n) is 5.76. The van der Waals surface area contributed by atoms with E-state index in [9.17, 15) is 19.5 Å². The number of nitrogens with zero attached hydrogens (tertiary/aromatic N) is 2. The lowest BCUT2D eigenvalue weighted by Gasteiger charge is -2.18. The number of fused-ring (bicyclic) bond motifs is 3. The average molecular weight is 448 g/mol. The van der Waals surface area contributed by atoms with E-state index in [0.29, 0.717) is 6.42 Å². The van der Waals surface area contributed by atoms with E-state index in [4.69, 9.17) is 4.74 Å². The zero-order valence-electron chi connectivity index (χ0n) is 18.2. The van der Waals surface area contributed by atoms with Gasteiger partial charge in [0, 0.05) is 13.0 Å². The maximum Gasteiger partial charge on any atom is 0.407 e. The van der Waals surface area contributed by atoms with Crippen LogP contribution in [0.2, 0.25) is 0 Å². The van der Waals surface area contributed by atoms with Gasteiger partial charge in [-0.1, -0.05) is 55.5 Å². The van der Waals surface area contributed by atoms with E-state index >= 15 is 0 Å². The van der Waals surface area contributed by atoms with Gasteiger partial charge in [0.15, 0.2) is 5.69 Å². The van der Waals surface area contributed by atoms with Crippen molar-refractivity contribution in [3.05, 3.63) is 71.5 Å². The van der Waals surface area contributed by atoms with E-state index < -0.39 is 24.0 Å². The molecule has 0 saturated carbocycles. The number of anilines is 1. The molecular formula is C24H24N4O5. The molecule has 0 bridgehead atoms. The zero-order chi connectivity index (χ0) is 23.5. The Morgan fingerprint density at radius 2 is 1.70 bits per heavy atom. The van der Waals surface area contributed by atoms with Gasteiger partial charge >= 0.3 is 12.1 Å². The molecule has 1 heterocycles. The van der Waals surface area contributed by atoms with Crippen LogP contribution in [0, 0.1) is 0 Å². The molecule has 1 atom stereocenters. The summed E-state index contributed by atoms with van der Waals surface area (Å²) >= 11 is 0. The van der Waals surface area contributed by atoms with Crippen LogP contribution in [-0.4, -0.2) is 45.5 Å². The number of carboxylic acids is 1. The second-order valence-electron chi connectivity index (χ2n) is 7.76. The minimum atomic E-state index is -1.22. The fourth-order valence-corrected chi connectivity index (χ4v) is 4.14. The first-order valence-electron chi connectivity index (χ1n) is 10.6. The predicted molar refractivity (Wildman–Crippen MR) is 121 cm³/mol. The van der Waals surface area contributed by atoms with Crippen molar-refractivity contribution in [1.82, 2.24) is 15.1 Å². The topological polar surface area (TPSA) is 123 Å². The SMILES string of the molecule is CC[C@H](NC(=O)OCC1c2ccccc2-c2ccccc21)C(=O)Nc1cnn(C)c1C(=O)O. The highest BCUT2D eigenvalue weighted by atomic mass is 16.5. The first kappa shape index (κ1) is 22.1. The van der Waals surface area contributed by atoms with Crippen LogP contribution in [0.1, 0.15) is 40.9 Å². The van der Waals surface area contributed by atoms with Crippen molar-refractivity contribution < 1.29 is 24.2 Å². The predicted octanol–water partition coefficient (Wildman–Crippen LogP) is 3.37. The van der Waals surface area contributed by atoms with Gasteiger partial charge in [-0.2, -0.15) is 5.10 Å². The number of hydrogen-bond acceptors (Lipinski definition) is 5. The minimum Gasteiger partial charge on any atom is -0.476 e. The lowest BCUT2D eigenvalue weighted by Crippen LogP contribution is -2.44. The molecule has 2 aromatic carbocycles. The molecule has 3 aromatic rings. The van der Waals surface area contributed by atoms with Gasteiger partial charge in [-0.05, 0) is 28.7 Å². The summed E-state index contributed by atoms with van der Waals surface area (Å²) in [4.78, 5) is 36.5. The molecule has 1 aromatic heterocycles. The Morgan fingerprint density at radius 1 is 1.09 bits per heavy atom. The number of aryl methyl sites for hydroxylation is 1. The number of aromatic carboxylic acids is 1. The van der Waals surface area contributed by atoms with Crippen molar-refractivity contribution in [2.45, 2.75) is 25.3 Å². The van der Waals surface area contributed by atoms with E-state index in [1.54, 1.807) is 6.92 Å². The van der Waals surface area contributed by atoms with Gasteiger partial charge in [-0.25, -0.2) is 9.59 Å². The lowest BCUT2D eigenvalue weighted by molar-refractivity contribution is -0.118. The molecule has 0 radical (unpaired) electrons. The Kier molecular flexibility index (Phi) is 6.12. The third-order valence-corrected chi connectivity index (χ3v) is 5.76. The van der Waals surface area contributed by atoms with Crippen molar-refractivity contribution in [1.29, 1.82) is 0 Å². The molecule has 33 heavy (non-hydrogen) atoms. The number of benzene rings is 2. The van der Waals surface area contributed by atoms with Crippen LogP contribution in [-0.2, 0) is 16.6 Å². The van der Waals surface area contributed by atoms with Gasteiger partial charge in [0.1, 0.15) is 12.6 Å². The molecule has 1 aliphatic rings. The normalized spacial score (nSPS) is 13.0. The van der Waals surface area contributed by atoms with Crippen molar-refractivity contribution in [3.8, 4) is 11.1 Å². The van der Waals surface area contributed by atoms with Crippen LogP contribution >= 0.6 is 0 Å². The Bertz CT molecular complexity index is 1170. The molecule has 2 amide bonds. The van der Waals surface area contributed by atoms with Crippen LogP contribution in [0.3, 0.4) is 0 Å². The van der Waals surface area contributed by atoms with Gasteiger partial charge in [-0.15, -0.1) is 0 Å². The summed E-state index contributed by atoms with van der Waals surface area (Å²) in [7, 11) is 1.46. The van der Waals surface area contributed by atoms with Crippen LogP contribution in [0.5, 0.6) is 0 Å². The zero-order valence-corrected chi connectivity index (χ0v) is 18.2. The maximum atomic E-state index is 12.6. The molecular weight excluding hydrogens is 424 g/mol. The molecule has 0 aliphatic heterocycles. The number of aromatic nitrogens is 2. The highest BCUT2D eigenvalue weighted by Crippen LogP contribution is 2.44. The number of rotatable bonds is 7. The quantitative estimate of drug-likeness (QED) is 0.509. The van der Waals surface area contributed by atoms with Gasteiger partial charge < -0.3 is 20.5 Å². The highest BCUT2D eigenvalue weighted by Gasteiger charge is 2.30. The summed E-state index contributed by atoms with van der Waals surface area (Å²) in [5.41, 5.74) is 4.34. The van der Waals surface area contributed by atoms with E-state index in [1.807, 2.05) is 36.4 Å². The average Bonchev–Trinajstić information content (AvgIpc) is 3.33. The fourth-order valence-electron chi connectivity index (χ4n) is 4.14. The number of nitrogens with one attached hydrogen (secondary N) is 2. The summed E-state index contributed by atoms with van der Waals surface area (Å²) < 4.78 is 6.65. The molecule has 4 rings (SSSR count). The first-order chi connectivity index (χ1) is 15.9. The molecule has 1 aliphatic carbocycles. The molecule has 9 nitrogen and oxygen atoms in total. The number of ether oxygens (including phenoxy) is 1. The number of carboxylic acid groups (broad SMARTS) is 1. The summed E-state index contributed by atoms with van der Waals surface area (Å²) in [5, 5.41) is 18.2. The Balaban J connectivity index is 1.40. The number of alkyl carbamates (subject to hydrolysis) is 1. The van der Waals surface area contributed by atoms with E-state index in [2.05, 4.69) is 27.9 Å². The maximum absolute atomic E-state index is 12.6. The minimum absolute atomic E-state index is 0.0581. The van der Waals surface area contributed by atoms with E-state index in [-0.39, 0.29) is 23.9 Å². The highest BCUT2D eigenvalue weighted by molar-refractivity contribution is 6.01. The third kappa shape index (κ3) is 4.30. The van der Waals surface area contributed by atoms with Crippen LogP contribution in [0.4, 0.5) is 10.5 Å². The summed E-state index contributed by atoms with van der Waals surface area (Å²) in [6.45, 7) is 1.86. The fraction of sp³-hybridized carbons (Fsp3) is 0.250. The van der Waals surface area contributed by atoms with Crippen LogP contribution in [0.15, 0.2) is 54.7 Å². The van der Waals surface area contributed by atoms with Crippen molar-refractivity contribution in [2.24, 2.45) is 7.05 Å². The lowest BCUT2D eigenvalue weighted by atomic mass is 9.98. The Labute approximate surface area is 190 Å². The van der Waals surface area contributed by atoms with Gasteiger partial charge in [0.05, 0.1) is 11.9 Å². The van der Waals surface area contributed by atoms with Crippen LogP contribution in [0.25, 0.3) is 11.1 Å². The molecule has 0 unspecified atom stereocenters. The van der Waals surface area contributed by atoms with Crippen molar-refractivity contribution in [2.75, 3.05) is 11.9 Å². The van der Waals surface area contributed by atoms with Crippen molar-refractivity contribution >= 4 is 23.7 Å². The smallest absolute Gasteiger partial charge is 0.407 e. The van der Waals surface area contributed by atoms with E-state index in [1.165, 1.54) is 13.2 Å². The standard InChI is InChI=1S/C24H24N4O5/c1-3-19(22(29)26-20-12-25-28(2)21(20)23(30)31)27-24(32)33-13-18-16-10-6-4-8-14(16)15-9-5-7-11-17(15)18/h4-12,18-19H,3,13H2,1-2H3,(H,26,29)(H,27,32)(H,30,31)/t19-/m0/s1. The van der Waals surface area contributed by atoms with E-state index in [0.717, 1.165) is 26.9 Å². The molecule has 0 fully saturated rings. The Hall–Kier alpha value is -4.14.